The van der Waals surface area contributed by atoms with Crippen LogP contribution in [-0.4, -0.2) is 39.1 Å². The molecule has 0 amide bonds. The van der Waals surface area contributed by atoms with Crippen LogP contribution >= 0.6 is 23.2 Å². The number of aliphatic hydroxyl groups excluding tert-OH is 1. The molecule has 0 fully saturated rings. The predicted octanol–water partition coefficient (Wildman–Crippen LogP) is 6.03. The number of hydrogen-bond donors (Lipinski definition) is 3. The number of hydrogen-bond acceptors (Lipinski definition) is 8. The number of aromatic nitrogens is 2. The van der Waals surface area contributed by atoms with Crippen LogP contribution in [0.5, 0.6) is 11.5 Å². The van der Waals surface area contributed by atoms with Gasteiger partial charge in [-0.3, -0.25) is 10.1 Å². The van der Waals surface area contributed by atoms with Crippen LogP contribution in [0.15, 0.2) is 77.4 Å². The van der Waals surface area contributed by atoms with Crippen molar-refractivity contribution in [3.8, 4) is 22.6 Å². The van der Waals surface area contributed by atoms with Gasteiger partial charge in [0.2, 0.25) is 0 Å². The number of aliphatic carboxylic acids is 1. The van der Waals surface area contributed by atoms with Crippen molar-refractivity contribution in [2.24, 2.45) is 0 Å². The number of nitrogens with one attached hydrogen (secondary N) is 1. The number of fused-ring (bicyclic) bond motifs is 1. The number of aliphatic hydroxyl groups is 1. The van der Waals surface area contributed by atoms with E-state index in [9.17, 15) is 19.4 Å². The Morgan fingerprint density at radius 3 is 2.50 bits per heavy atom. The lowest BCUT2D eigenvalue weighted by Crippen LogP contribution is -2.39. The van der Waals surface area contributed by atoms with E-state index in [1.165, 1.54) is 12.1 Å². The van der Waals surface area contributed by atoms with Crippen LogP contribution in [0.3, 0.4) is 0 Å². The fourth-order valence-electron chi connectivity index (χ4n) is 4.23. The third kappa shape index (κ3) is 6.80. The molecular weight excluding hydrogens is 588 g/mol. The molecule has 3 N–H and O–H groups in total. The van der Waals surface area contributed by atoms with Crippen LogP contribution in [0.1, 0.15) is 16.7 Å². The Labute approximate surface area is 249 Å². The number of carboxylic acid groups (broad SMARTS) is 1. The molecule has 5 rings (SSSR count). The average Bonchev–Trinajstić information content (AvgIpc) is 3.45. The zero-order chi connectivity index (χ0) is 29.6. The number of nitrogens with zero attached hydrogens (tertiary/aromatic N) is 2. The molecule has 5 aromatic rings. The summed E-state index contributed by atoms with van der Waals surface area (Å²) in [7, 11) is 0. The maximum atomic E-state index is 13.8. The minimum Gasteiger partial charge on any atom is -0.488 e. The van der Waals surface area contributed by atoms with Crippen LogP contribution in [0, 0.1) is 5.82 Å². The molecule has 0 aliphatic rings. The average molecular weight is 612 g/mol. The van der Waals surface area contributed by atoms with Crippen LogP contribution in [0.2, 0.25) is 10.0 Å². The highest BCUT2D eigenvalue weighted by atomic mass is 35.5. The van der Waals surface area contributed by atoms with Gasteiger partial charge in [-0.25, -0.2) is 9.02 Å². The number of carboxylic acids is 1. The quantitative estimate of drug-likeness (QED) is 0.155. The highest BCUT2D eigenvalue weighted by molar-refractivity contribution is 6.34. The molecular formula is C30H24Cl2FN3O6. The second-order valence-corrected chi connectivity index (χ2v) is 10.1. The van der Waals surface area contributed by atoms with Crippen molar-refractivity contribution in [3.63, 3.8) is 0 Å². The van der Waals surface area contributed by atoms with Gasteiger partial charge in [-0.05, 0) is 51.8 Å². The molecule has 0 bridgehead atoms. The van der Waals surface area contributed by atoms with Gasteiger partial charge < -0.3 is 19.7 Å². The van der Waals surface area contributed by atoms with E-state index < -0.39 is 18.6 Å². The van der Waals surface area contributed by atoms with E-state index in [1.54, 1.807) is 54.6 Å². The maximum absolute atomic E-state index is 13.8. The number of halogens is 3. The summed E-state index contributed by atoms with van der Waals surface area (Å²) in [5.74, 6) is -0.888. The molecule has 1 unspecified atom stereocenters. The zero-order valence-electron chi connectivity index (χ0n) is 21.9. The van der Waals surface area contributed by atoms with Crippen LogP contribution in [-0.2, 0) is 24.6 Å². The molecule has 0 aliphatic carbocycles. The molecule has 1 atom stereocenters. The Kier molecular flexibility index (Phi) is 9.19. The predicted molar refractivity (Wildman–Crippen MR) is 154 cm³/mol. The lowest BCUT2D eigenvalue weighted by molar-refractivity contribution is -0.140. The van der Waals surface area contributed by atoms with Crippen molar-refractivity contribution in [2.45, 2.75) is 25.8 Å². The van der Waals surface area contributed by atoms with Crippen LogP contribution in [0.25, 0.3) is 22.2 Å². The van der Waals surface area contributed by atoms with Gasteiger partial charge in [0.25, 0.3) is 0 Å². The second kappa shape index (κ2) is 13.2. The monoisotopic (exact) mass is 611 g/mol. The van der Waals surface area contributed by atoms with Crippen molar-refractivity contribution in [1.82, 2.24) is 15.6 Å². The summed E-state index contributed by atoms with van der Waals surface area (Å²) < 4.78 is 30.7. The Hall–Kier alpha value is -4.22. The van der Waals surface area contributed by atoms with Gasteiger partial charge in [0.1, 0.15) is 47.6 Å². The van der Waals surface area contributed by atoms with Gasteiger partial charge in [0.05, 0.1) is 16.7 Å². The maximum Gasteiger partial charge on any atom is 0.323 e. The van der Waals surface area contributed by atoms with E-state index in [0.717, 1.165) is 5.56 Å². The minimum absolute atomic E-state index is 0.0423. The van der Waals surface area contributed by atoms with E-state index in [4.69, 9.17) is 37.3 Å². The first-order chi connectivity index (χ1) is 20.3. The summed E-state index contributed by atoms with van der Waals surface area (Å²) in [5, 5.41) is 29.8. The van der Waals surface area contributed by atoms with Crippen molar-refractivity contribution >= 4 is 40.2 Å². The smallest absolute Gasteiger partial charge is 0.323 e. The fourth-order valence-corrected chi connectivity index (χ4v) is 4.76. The standard InChI is InChI=1S/C30H24Cl2FN3O6/c31-23-11-20(13-34-26(14-37)30(38)39)27(40-15-17-7-8-24-25(9-17)36-42-35-24)12-28(23)41-16-19-4-2-6-22(29(19)32)18-3-1-5-21(33)10-18/h1-12,26,34,37H,13-16H2,(H,38,39). The SMILES string of the molecule is O=C(O)C(CO)NCc1cc(Cl)c(OCc2cccc(-c3cccc(F)c3)c2Cl)cc1OCc1ccc2nonc2c1. The minimum atomic E-state index is -1.20. The van der Waals surface area contributed by atoms with Crippen molar-refractivity contribution < 1.29 is 33.5 Å². The van der Waals surface area contributed by atoms with E-state index in [2.05, 4.69) is 15.6 Å². The van der Waals surface area contributed by atoms with E-state index in [1.807, 2.05) is 6.07 Å². The molecule has 0 spiro atoms. The van der Waals surface area contributed by atoms with E-state index in [-0.39, 0.29) is 30.6 Å². The molecule has 0 saturated carbocycles. The molecule has 4 aromatic carbocycles. The number of ether oxygens (including phenoxy) is 2. The first-order valence-corrected chi connectivity index (χ1v) is 13.5. The molecule has 12 heteroatoms. The van der Waals surface area contributed by atoms with Crippen molar-refractivity contribution in [1.29, 1.82) is 0 Å². The summed E-state index contributed by atoms with van der Waals surface area (Å²) in [6.45, 7) is -0.358. The summed E-state index contributed by atoms with van der Waals surface area (Å²) in [5.41, 5.74) is 4.46. The highest BCUT2D eigenvalue weighted by Crippen LogP contribution is 2.36. The van der Waals surface area contributed by atoms with E-state index in [0.29, 0.717) is 49.8 Å². The van der Waals surface area contributed by atoms with Crippen LogP contribution in [0.4, 0.5) is 4.39 Å². The Balaban J connectivity index is 1.39. The van der Waals surface area contributed by atoms with Gasteiger partial charge in [0.15, 0.2) is 0 Å². The zero-order valence-corrected chi connectivity index (χ0v) is 23.4. The molecule has 0 saturated heterocycles. The van der Waals surface area contributed by atoms with Crippen molar-refractivity contribution in [3.05, 3.63) is 105 Å². The first-order valence-electron chi connectivity index (χ1n) is 12.7. The molecule has 216 valence electrons. The molecule has 1 aromatic heterocycles. The topological polar surface area (TPSA) is 127 Å². The van der Waals surface area contributed by atoms with E-state index >= 15 is 0 Å². The molecule has 0 aliphatic heterocycles. The van der Waals surface area contributed by atoms with Gasteiger partial charge in [-0.1, -0.05) is 59.6 Å². The molecule has 9 nitrogen and oxygen atoms in total. The lowest BCUT2D eigenvalue weighted by atomic mass is 10.0. The summed E-state index contributed by atoms with van der Waals surface area (Å²) >= 11 is 13.2. The number of carbonyl (C=O) groups is 1. The van der Waals surface area contributed by atoms with Gasteiger partial charge in [-0.2, -0.15) is 0 Å². The Bertz CT molecular complexity index is 1730. The number of benzene rings is 4. The van der Waals surface area contributed by atoms with Gasteiger partial charge in [0, 0.05) is 29.3 Å². The summed E-state index contributed by atoms with van der Waals surface area (Å²) in [4.78, 5) is 11.4. The Morgan fingerprint density at radius 1 is 0.929 bits per heavy atom. The van der Waals surface area contributed by atoms with Gasteiger partial charge >= 0.3 is 5.97 Å². The summed E-state index contributed by atoms with van der Waals surface area (Å²) in [6.07, 6.45) is 0. The first kappa shape index (κ1) is 29.3. The largest absolute Gasteiger partial charge is 0.488 e. The molecule has 42 heavy (non-hydrogen) atoms. The summed E-state index contributed by atoms with van der Waals surface area (Å²) in [6, 6.07) is 18.9. The van der Waals surface area contributed by atoms with Crippen LogP contribution < -0.4 is 14.8 Å². The van der Waals surface area contributed by atoms with Crippen molar-refractivity contribution in [2.75, 3.05) is 6.61 Å². The highest BCUT2D eigenvalue weighted by Gasteiger charge is 2.19. The fraction of sp³-hybridized carbons (Fsp3) is 0.167. The third-order valence-electron chi connectivity index (χ3n) is 6.44. The molecule has 0 radical (unpaired) electrons. The lowest BCUT2D eigenvalue weighted by Gasteiger charge is -2.18. The Morgan fingerprint density at radius 2 is 1.71 bits per heavy atom. The normalized spacial score (nSPS) is 11.9. The molecule has 1 heterocycles. The third-order valence-corrected chi connectivity index (χ3v) is 7.19. The van der Waals surface area contributed by atoms with Gasteiger partial charge in [-0.15, -0.1) is 0 Å². The number of rotatable bonds is 12. The second-order valence-electron chi connectivity index (χ2n) is 9.30.